The van der Waals surface area contributed by atoms with Crippen LogP contribution < -0.4 is 5.32 Å². The standard InChI is InChI=1S/C11H15N5/c1-7-5-12-11(14-8(7)2)15-10-6-13-16(4)9(10)3/h5-6H,1-4H3,(H,12,14,15). The second kappa shape index (κ2) is 3.92. The van der Waals surface area contributed by atoms with Gasteiger partial charge in [-0.05, 0) is 26.3 Å². The minimum absolute atomic E-state index is 0.610. The average Bonchev–Trinajstić information content (AvgIpc) is 2.55. The molecule has 0 fully saturated rings. The molecule has 5 heteroatoms. The molecule has 0 aliphatic rings. The Labute approximate surface area is 94.5 Å². The number of hydrogen-bond donors (Lipinski definition) is 1. The highest BCUT2D eigenvalue weighted by atomic mass is 15.3. The summed E-state index contributed by atoms with van der Waals surface area (Å²) in [5, 5.41) is 7.31. The minimum Gasteiger partial charge on any atom is -0.321 e. The quantitative estimate of drug-likeness (QED) is 0.834. The van der Waals surface area contributed by atoms with Crippen LogP contribution in [0.3, 0.4) is 0 Å². The van der Waals surface area contributed by atoms with E-state index in [0.717, 1.165) is 22.6 Å². The summed E-state index contributed by atoms with van der Waals surface area (Å²) in [5.74, 6) is 0.610. The Balaban J connectivity index is 2.27. The van der Waals surface area contributed by atoms with Crippen LogP contribution in [0.2, 0.25) is 0 Å². The zero-order chi connectivity index (χ0) is 11.7. The summed E-state index contributed by atoms with van der Waals surface area (Å²) in [5.41, 5.74) is 4.07. The Morgan fingerprint density at radius 3 is 2.50 bits per heavy atom. The molecule has 0 spiro atoms. The van der Waals surface area contributed by atoms with Gasteiger partial charge in [0.2, 0.25) is 5.95 Å². The summed E-state index contributed by atoms with van der Waals surface area (Å²) < 4.78 is 1.81. The largest absolute Gasteiger partial charge is 0.321 e. The number of anilines is 2. The summed E-state index contributed by atoms with van der Waals surface area (Å²) in [6.45, 7) is 5.96. The topological polar surface area (TPSA) is 55.6 Å². The summed E-state index contributed by atoms with van der Waals surface area (Å²) in [6, 6.07) is 0. The molecule has 0 atom stereocenters. The van der Waals surface area contributed by atoms with Gasteiger partial charge in [0.25, 0.3) is 0 Å². The SMILES string of the molecule is Cc1cnc(Nc2cnn(C)c2C)nc1C. The Morgan fingerprint density at radius 1 is 1.19 bits per heavy atom. The molecule has 0 amide bonds. The Morgan fingerprint density at radius 2 is 1.94 bits per heavy atom. The number of aryl methyl sites for hydroxylation is 3. The van der Waals surface area contributed by atoms with Crippen molar-refractivity contribution in [2.75, 3.05) is 5.32 Å². The first-order valence-electron chi connectivity index (χ1n) is 5.14. The lowest BCUT2D eigenvalue weighted by Crippen LogP contribution is -2.01. The van der Waals surface area contributed by atoms with Crippen molar-refractivity contribution in [3.8, 4) is 0 Å². The first-order valence-corrected chi connectivity index (χ1v) is 5.14. The zero-order valence-corrected chi connectivity index (χ0v) is 9.94. The van der Waals surface area contributed by atoms with Gasteiger partial charge in [-0.1, -0.05) is 0 Å². The summed E-state index contributed by atoms with van der Waals surface area (Å²) in [4.78, 5) is 8.58. The predicted octanol–water partition coefficient (Wildman–Crippen LogP) is 1.88. The average molecular weight is 217 g/mol. The van der Waals surface area contributed by atoms with Crippen molar-refractivity contribution in [2.45, 2.75) is 20.8 Å². The molecule has 2 aromatic rings. The third kappa shape index (κ3) is 1.88. The maximum absolute atomic E-state index is 4.36. The van der Waals surface area contributed by atoms with Crippen LogP contribution in [0.1, 0.15) is 17.0 Å². The van der Waals surface area contributed by atoms with Crippen LogP contribution in [0.5, 0.6) is 0 Å². The second-order valence-corrected chi connectivity index (χ2v) is 3.85. The van der Waals surface area contributed by atoms with E-state index < -0.39 is 0 Å². The van der Waals surface area contributed by atoms with Gasteiger partial charge in [0, 0.05) is 18.9 Å². The molecule has 1 N–H and O–H groups in total. The summed E-state index contributed by atoms with van der Waals surface area (Å²) in [7, 11) is 1.90. The fourth-order valence-corrected chi connectivity index (χ4v) is 1.33. The van der Waals surface area contributed by atoms with Crippen molar-refractivity contribution >= 4 is 11.6 Å². The van der Waals surface area contributed by atoms with E-state index in [1.54, 1.807) is 6.20 Å². The third-order valence-corrected chi connectivity index (χ3v) is 2.71. The number of hydrogen-bond acceptors (Lipinski definition) is 4. The Hall–Kier alpha value is -1.91. The molecule has 0 aromatic carbocycles. The van der Waals surface area contributed by atoms with Crippen LogP contribution in [-0.2, 0) is 7.05 Å². The second-order valence-electron chi connectivity index (χ2n) is 3.85. The molecular formula is C11H15N5. The van der Waals surface area contributed by atoms with Gasteiger partial charge in [-0.3, -0.25) is 4.68 Å². The predicted molar refractivity (Wildman–Crippen MR) is 62.7 cm³/mol. The molecule has 0 radical (unpaired) electrons. The fraction of sp³-hybridized carbons (Fsp3) is 0.364. The van der Waals surface area contributed by atoms with E-state index in [1.807, 2.05) is 38.7 Å². The highest BCUT2D eigenvalue weighted by Crippen LogP contribution is 2.17. The van der Waals surface area contributed by atoms with Crippen LogP contribution in [0.25, 0.3) is 0 Å². The van der Waals surface area contributed by atoms with Crippen LogP contribution in [0.4, 0.5) is 11.6 Å². The minimum atomic E-state index is 0.610. The monoisotopic (exact) mass is 217 g/mol. The van der Waals surface area contributed by atoms with Gasteiger partial charge in [-0.25, -0.2) is 9.97 Å². The van der Waals surface area contributed by atoms with Crippen molar-refractivity contribution in [3.63, 3.8) is 0 Å². The molecule has 0 aliphatic heterocycles. The summed E-state index contributed by atoms with van der Waals surface area (Å²) >= 11 is 0. The molecule has 2 aromatic heterocycles. The van der Waals surface area contributed by atoms with Crippen molar-refractivity contribution in [3.05, 3.63) is 29.3 Å². The lowest BCUT2D eigenvalue weighted by Gasteiger charge is -2.05. The van der Waals surface area contributed by atoms with Crippen molar-refractivity contribution in [2.24, 2.45) is 7.05 Å². The number of nitrogens with one attached hydrogen (secondary N) is 1. The molecule has 5 nitrogen and oxygen atoms in total. The molecule has 0 aliphatic carbocycles. The van der Waals surface area contributed by atoms with Gasteiger partial charge >= 0.3 is 0 Å². The lowest BCUT2D eigenvalue weighted by molar-refractivity contribution is 0.740. The van der Waals surface area contributed by atoms with Gasteiger partial charge in [0.1, 0.15) is 0 Å². The molecule has 2 heterocycles. The molecule has 0 saturated heterocycles. The van der Waals surface area contributed by atoms with Crippen LogP contribution in [-0.4, -0.2) is 19.7 Å². The zero-order valence-electron chi connectivity index (χ0n) is 9.94. The number of rotatable bonds is 2. The molecular weight excluding hydrogens is 202 g/mol. The van der Waals surface area contributed by atoms with E-state index in [4.69, 9.17) is 0 Å². The molecule has 2 rings (SSSR count). The van der Waals surface area contributed by atoms with E-state index >= 15 is 0 Å². The van der Waals surface area contributed by atoms with E-state index in [2.05, 4.69) is 20.4 Å². The highest BCUT2D eigenvalue weighted by molar-refractivity contribution is 5.55. The molecule has 16 heavy (non-hydrogen) atoms. The van der Waals surface area contributed by atoms with Gasteiger partial charge in [-0.2, -0.15) is 5.10 Å². The van der Waals surface area contributed by atoms with Crippen LogP contribution >= 0.6 is 0 Å². The van der Waals surface area contributed by atoms with Crippen molar-refractivity contribution in [1.82, 2.24) is 19.7 Å². The van der Waals surface area contributed by atoms with Crippen LogP contribution in [0, 0.1) is 20.8 Å². The lowest BCUT2D eigenvalue weighted by atomic mass is 10.3. The first-order chi connectivity index (χ1) is 7.58. The maximum atomic E-state index is 4.36. The fourth-order valence-electron chi connectivity index (χ4n) is 1.33. The highest BCUT2D eigenvalue weighted by Gasteiger charge is 2.05. The Kier molecular flexibility index (Phi) is 2.60. The van der Waals surface area contributed by atoms with E-state index in [1.165, 1.54) is 0 Å². The summed E-state index contributed by atoms with van der Waals surface area (Å²) in [6.07, 6.45) is 3.59. The van der Waals surface area contributed by atoms with Gasteiger partial charge < -0.3 is 5.32 Å². The number of aromatic nitrogens is 4. The van der Waals surface area contributed by atoms with E-state index in [-0.39, 0.29) is 0 Å². The molecule has 0 saturated carbocycles. The molecule has 0 unspecified atom stereocenters. The molecule has 84 valence electrons. The van der Waals surface area contributed by atoms with E-state index in [9.17, 15) is 0 Å². The van der Waals surface area contributed by atoms with Gasteiger partial charge in [0.15, 0.2) is 0 Å². The van der Waals surface area contributed by atoms with Crippen LogP contribution in [0.15, 0.2) is 12.4 Å². The molecule has 0 bridgehead atoms. The smallest absolute Gasteiger partial charge is 0.227 e. The van der Waals surface area contributed by atoms with Crippen molar-refractivity contribution < 1.29 is 0 Å². The first kappa shape index (κ1) is 10.6. The number of nitrogens with zero attached hydrogens (tertiary/aromatic N) is 4. The maximum Gasteiger partial charge on any atom is 0.227 e. The normalized spacial score (nSPS) is 10.5. The third-order valence-electron chi connectivity index (χ3n) is 2.71. The van der Waals surface area contributed by atoms with Gasteiger partial charge in [-0.15, -0.1) is 0 Å². The van der Waals surface area contributed by atoms with Crippen molar-refractivity contribution in [1.29, 1.82) is 0 Å². The van der Waals surface area contributed by atoms with E-state index in [0.29, 0.717) is 5.95 Å². The Bertz CT molecular complexity index is 515. The van der Waals surface area contributed by atoms with Gasteiger partial charge in [0.05, 0.1) is 17.6 Å².